The zero-order chi connectivity index (χ0) is 27.1. The molecule has 0 radical (unpaired) electrons. The number of aryl methyl sites for hydroxylation is 2. The molecule has 1 atom stereocenters. The van der Waals surface area contributed by atoms with Gasteiger partial charge in [-0.25, -0.2) is 0 Å². The Hall–Kier alpha value is -2.00. The van der Waals surface area contributed by atoms with E-state index < -0.39 is 0 Å². The summed E-state index contributed by atoms with van der Waals surface area (Å²) in [5, 5.41) is 0. The van der Waals surface area contributed by atoms with E-state index in [4.69, 9.17) is 6.42 Å². The fourth-order valence-corrected chi connectivity index (χ4v) is 3.92. The first-order valence-corrected chi connectivity index (χ1v) is 14.8. The Bertz CT molecular complexity index is 864. The monoisotopic (exact) mass is 528 g/mol. The molecule has 190 valence electrons. The molecule has 34 heavy (non-hydrogen) atoms. The van der Waals surface area contributed by atoms with Crippen LogP contribution in [0.4, 0.5) is 0 Å². The summed E-state index contributed by atoms with van der Waals surface area (Å²) in [6.45, 7) is 28.5. The van der Waals surface area contributed by atoms with Crippen LogP contribution < -0.4 is 0 Å². The van der Waals surface area contributed by atoms with Crippen LogP contribution in [0.25, 0.3) is 0 Å². The molecule has 0 fully saturated rings. The predicted octanol–water partition coefficient (Wildman–Crippen LogP) is 9.60. The quantitative estimate of drug-likeness (QED) is 0.170. The summed E-state index contributed by atoms with van der Waals surface area (Å²) in [7, 11) is 0. The van der Waals surface area contributed by atoms with Crippen molar-refractivity contribution in [3.8, 4) is 12.3 Å². The van der Waals surface area contributed by atoms with Gasteiger partial charge in [0, 0.05) is 5.57 Å². The van der Waals surface area contributed by atoms with Gasteiger partial charge in [-0.15, -0.1) is 6.42 Å². The Kier molecular flexibility index (Phi) is 26.0. The maximum atomic E-state index is 5.34. The number of hydrogen-bond donors (Lipinski definition) is 0. The molecular weight excluding hydrogens is 475 g/mol. The van der Waals surface area contributed by atoms with Gasteiger partial charge in [-0.2, -0.15) is 0 Å². The molecule has 0 heterocycles. The molecule has 0 bridgehead atoms. The van der Waals surface area contributed by atoms with Gasteiger partial charge in [-0.1, -0.05) is 71.9 Å². The van der Waals surface area contributed by atoms with Crippen molar-refractivity contribution in [2.24, 2.45) is 0 Å². The van der Waals surface area contributed by atoms with Crippen molar-refractivity contribution in [1.82, 2.24) is 0 Å². The first kappa shape index (κ1) is 36.6. The average molecular weight is 528 g/mol. The number of rotatable bonds is 9. The number of terminal acetylenes is 1. The third-order valence-corrected chi connectivity index (χ3v) is 6.66. The van der Waals surface area contributed by atoms with E-state index in [2.05, 4.69) is 77.3 Å². The van der Waals surface area contributed by atoms with E-state index in [9.17, 15) is 0 Å². The molecule has 0 aromatic heterocycles. The van der Waals surface area contributed by atoms with E-state index in [0.717, 1.165) is 23.1 Å². The molecule has 0 aliphatic heterocycles. The minimum absolute atomic E-state index is 0.450. The summed E-state index contributed by atoms with van der Waals surface area (Å²) in [5.41, 5.74) is 11.3. The van der Waals surface area contributed by atoms with Gasteiger partial charge in [0.2, 0.25) is 0 Å². The zero-order valence-corrected chi connectivity index (χ0v) is 25.7. The summed E-state index contributed by atoms with van der Waals surface area (Å²) in [4.78, 5) is 0. The summed E-state index contributed by atoms with van der Waals surface area (Å²) >= 11 is 0.450. The van der Waals surface area contributed by atoms with Crippen LogP contribution in [0.5, 0.6) is 0 Å². The first-order chi connectivity index (χ1) is 16.3. The van der Waals surface area contributed by atoms with E-state index >= 15 is 0 Å². The number of allylic oxidation sites excluding steroid dienone is 6. The van der Waals surface area contributed by atoms with Gasteiger partial charge in [-0.05, 0) is 24.5 Å². The van der Waals surface area contributed by atoms with Gasteiger partial charge in [0.1, 0.15) is 0 Å². The van der Waals surface area contributed by atoms with Crippen LogP contribution in [0.1, 0.15) is 104 Å². The van der Waals surface area contributed by atoms with E-state index in [1.54, 1.807) is 10.5 Å². The molecule has 0 nitrogen and oxygen atoms in total. The van der Waals surface area contributed by atoms with E-state index in [1.165, 1.54) is 36.0 Å². The Morgan fingerprint density at radius 2 is 1.71 bits per heavy atom. The second-order valence-electron chi connectivity index (χ2n) is 7.49. The first-order valence-electron chi connectivity index (χ1n) is 12.7. The molecule has 0 aliphatic carbocycles. The second kappa shape index (κ2) is 24.1. The van der Waals surface area contributed by atoms with Crippen LogP contribution in [0.2, 0.25) is 0 Å². The van der Waals surface area contributed by atoms with Crippen molar-refractivity contribution in [1.29, 1.82) is 0 Å². The van der Waals surface area contributed by atoms with Crippen molar-refractivity contribution < 1.29 is 0 Å². The predicted molar refractivity (Wildman–Crippen MR) is 165 cm³/mol. The van der Waals surface area contributed by atoms with Crippen molar-refractivity contribution >= 4 is 23.9 Å². The molecule has 0 N–H and O–H groups in total. The summed E-state index contributed by atoms with van der Waals surface area (Å²) < 4.78 is 1.58. The van der Waals surface area contributed by atoms with Crippen molar-refractivity contribution in [3.05, 3.63) is 83.0 Å². The molecule has 0 saturated carbocycles. The normalized spacial score (nSPS) is 11.1. The fraction of sp³-hybridized carbons (Fsp3) is 0.455. The third-order valence-electron chi connectivity index (χ3n) is 5.28. The van der Waals surface area contributed by atoms with E-state index in [0.29, 0.717) is 20.0 Å². The molecular formula is C33H52Se. The minimum Gasteiger partial charge on any atom is -0.0683 e. The smallest absolute Gasteiger partial charge is 0.0683 e. The van der Waals surface area contributed by atoms with Crippen molar-refractivity contribution in [3.63, 3.8) is 0 Å². The number of hydrogen-bond acceptors (Lipinski definition) is 0. The van der Waals surface area contributed by atoms with Gasteiger partial charge < -0.3 is 0 Å². The van der Waals surface area contributed by atoms with Crippen LogP contribution in [0.3, 0.4) is 0 Å². The van der Waals surface area contributed by atoms with Crippen LogP contribution in [-0.4, -0.2) is 23.9 Å². The van der Waals surface area contributed by atoms with E-state index in [-0.39, 0.29) is 0 Å². The molecule has 1 aromatic rings. The largest absolute Gasteiger partial charge is 0.0683 e. The average Bonchev–Trinajstić information content (AvgIpc) is 2.87. The maximum Gasteiger partial charge on any atom is -0.0683 e. The number of benzene rings is 1. The molecule has 1 unspecified atom stereocenters. The van der Waals surface area contributed by atoms with Gasteiger partial charge >= 0.3 is 112 Å². The standard InChI is InChI=1S/C16H24Se.C13H16.2C2H6/c1-6-7-15(11-14(4)17-5)16-9-8-12(2)13(3)10-16;1-6-10-13(9-4)11(5)12(7-2)8-3;2*1-2/h8-10,15H,5-7,11H2,1-4H3;2,6,8,10H,1,5,9H2,3-4H3;2*1-2H3/b;12-8-,13-10+;;. The maximum absolute atomic E-state index is 5.34. The molecule has 1 aromatic carbocycles. The van der Waals surface area contributed by atoms with Gasteiger partial charge in [0.25, 0.3) is 0 Å². The fourth-order valence-electron chi connectivity index (χ4n) is 3.25. The van der Waals surface area contributed by atoms with Gasteiger partial charge in [0.15, 0.2) is 0 Å². The Morgan fingerprint density at radius 3 is 2.09 bits per heavy atom. The SMILES string of the molecule is C#C/C(=C/C)C(=C)/C(=C/C=C)CC.C=[Se]=C(C)CC(CCC)c1ccc(C)c(C)c1.CC.CC. The van der Waals surface area contributed by atoms with Crippen molar-refractivity contribution in [2.45, 2.75) is 101 Å². The summed E-state index contributed by atoms with van der Waals surface area (Å²) in [6.07, 6.45) is 15.6. The summed E-state index contributed by atoms with van der Waals surface area (Å²) in [6, 6.07) is 6.95. The van der Waals surface area contributed by atoms with Crippen LogP contribution in [-0.2, 0) is 0 Å². The molecule has 0 aliphatic rings. The van der Waals surface area contributed by atoms with E-state index in [1.807, 2.05) is 46.8 Å². The molecule has 0 saturated heterocycles. The van der Waals surface area contributed by atoms with Crippen LogP contribution in [0.15, 0.2) is 66.3 Å². The zero-order valence-electron chi connectivity index (χ0n) is 24.0. The molecule has 0 spiro atoms. The molecule has 0 amide bonds. The second-order valence-corrected chi connectivity index (χ2v) is 9.55. The van der Waals surface area contributed by atoms with Crippen LogP contribution in [0, 0.1) is 26.2 Å². The Labute approximate surface area is 219 Å². The third kappa shape index (κ3) is 15.0. The van der Waals surface area contributed by atoms with Gasteiger partial charge in [-0.3, -0.25) is 0 Å². The van der Waals surface area contributed by atoms with Gasteiger partial charge in [0.05, 0.1) is 0 Å². The molecule has 1 rings (SSSR count). The topological polar surface area (TPSA) is 0 Å². The van der Waals surface area contributed by atoms with Crippen LogP contribution >= 0.6 is 0 Å². The summed E-state index contributed by atoms with van der Waals surface area (Å²) in [5.74, 6) is 3.31. The molecule has 1 heteroatoms. The minimum atomic E-state index is 0.450. The van der Waals surface area contributed by atoms with Crippen molar-refractivity contribution in [2.75, 3.05) is 0 Å². The Balaban J connectivity index is -0.000000507. The Morgan fingerprint density at radius 1 is 1.12 bits per heavy atom.